The van der Waals surface area contributed by atoms with Gasteiger partial charge >= 0.3 is 5.97 Å². The lowest BCUT2D eigenvalue weighted by Gasteiger charge is -2.23. The maximum Gasteiger partial charge on any atom is 0.335 e. The highest BCUT2D eigenvalue weighted by molar-refractivity contribution is 5.87. The second kappa shape index (κ2) is 29.2. The summed E-state index contributed by atoms with van der Waals surface area (Å²) in [5.74, 6) is 1.55. The number of hydrogen-bond donors (Lipinski definition) is 7. The van der Waals surface area contributed by atoms with E-state index in [0.717, 1.165) is 52.0 Å². The van der Waals surface area contributed by atoms with Gasteiger partial charge in [-0.05, 0) is 118 Å². The number of rotatable bonds is 21. The van der Waals surface area contributed by atoms with Crippen molar-refractivity contribution in [3.8, 4) is 58.6 Å². The molecule has 8 N–H and O–H groups in total. The lowest BCUT2D eigenvalue weighted by molar-refractivity contribution is 0.0696. The van der Waals surface area contributed by atoms with E-state index in [1.54, 1.807) is 81.2 Å². The lowest BCUT2D eigenvalue weighted by Crippen LogP contribution is -2.40. The van der Waals surface area contributed by atoms with E-state index in [0.29, 0.717) is 46.6 Å². The molecule has 0 unspecified atom stereocenters. The standard InChI is InChI=1S/C29H30N4O5.C22H24N4O4.C7H6O2/c1-29(2,18-22-9-11-24(12-10-22)31-38-20-23-7-5-4-6-8-23)33-37-16-15-36-32-25-13-14-26(27(17-25)34-3)28-19-30-21-35-28;1-22(2,13-16-4-6-17(23)7-5-16)26-30-11-10-29-25-18-8-9-19(20(12-18)27-3)21-14-24-15-28-21;8-7(9)6-4-2-1-3-5-6/h4-14,17,19,21,31-33H,18,20H2,1-3H3;4-9,12,14-15,25-26H,13,23H2,1-3H3;1-5H,(H,8,9). The number of nitrogen functional groups attached to an aromatic ring is 1. The summed E-state index contributed by atoms with van der Waals surface area (Å²) in [6.45, 7) is 8.54. The molecule has 398 valence electrons. The maximum atomic E-state index is 10.2. The second-order valence-electron chi connectivity index (χ2n) is 17.9. The van der Waals surface area contributed by atoms with E-state index in [4.69, 9.17) is 53.3 Å². The van der Waals surface area contributed by atoms with Crippen LogP contribution in [0.3, 0.4) is 0 Å². The van der Waals surface area contributed by atoms with Crippen molar-refractivity contribution in [3.63, 3.8) is 0 Å². The molecule has 0 aliphatic heterocycles. The molecule has 77 heavy (non-hydrogen) atoms. The number of benzene rings is 6. The summed E-state index contributed by atoms with van der Waals surface area (Å²) in [6, 6.07) is 44.8. The van der Waals surface area contributed by atoms with E-state index in [1.165, 1.54) is 12.8 Å². The largest absolute Gasteiger partial charge is 0.496 e. The average Bonchev–Trinajstić information content (AvgIpc) is 4.20. The van der Waals surface area contributed by atoms with E-state index in [9.17, 15) is 4.79 Å². The molecule has 0 amide bonds. The van der Waals surface area contributed by atoms with E-state index in [-0.39, 0.29) is 11.1 Å². The van der Waals surface area contributed by atoms with Crippen LogP contribution in [0, 0.1) is 24.4 Å². The van der Waals surface area contributed by atoms with Gasteiger partial charge in [-0.15, -0.1) is 11.0 Å². The molecule has 0 aliphatic carbocycles. The van der Waals surface area contributed by atoms with E-state index >= 15 is 0 Å². The van der Waals surface area contributed by atoms with Crippen molar-refractivity contribution in [2.24, 2.45) is 0 Å². The highest BCUT2D eigenvalue weighted by Crippen LogP contribution is 2.33. The Balaban J connectivity index is 0.000000218. The summed E-state index contributed by atoms with van der Waals surface area (Å²) in [6.07, 6.45) is 17.2. The predicted octanol–water partition coefficient (Wildman–Crippen LogP) is 10.8. The highest BCUT2D eigenvalue weighted by Gasteiger charge is 2.20. The molecule has 0 aliphatic rings. The Kier molecular flexibility index (Phi) is 21.4. The van der Waals surface area contributed by atoms with Crippen molar-refractivity contribution in [2.75, 3.05) is 36.4 Å². The minimum Gasteiger partial charge on any atom is -0.496 e. The van der Waals surface area contributed by atoms with Crippen LogP contribution < -0.4 is 42.6 Å². The molecule has 8 aromatic rings. The molecule has 6 aromatic carbocycles. The number of hydroxylamine groups is 2. The third kappa shape index (κ3) is 19.5. The number of carboxylic acids is 1. The third-order valence-electron chi connectivity index (χ3n) is 10.6. The first kappa shape index (κ1) is 56.5. The van der Waals surface area contributed by atoms with Gasteiger partial charge in [0.25, 0.3) is 0 Å². The van der Waals surface area contributed by atoms with Crippen LogP contribution in [0.5, 0.6) is 11.5 Å². The van der Waals surface area contributed by atoms with Crippen LogP contribution in [0.1, 0.15) is 54.7 Å². The maximum absolute atomic E-state index is 10.2. The van der Waals surface area contributed by atoms with E-state index in [2.05, 4.69) is 61.8 Å². The monoisotopic (exact) mass is 1040 g/mol. The lowest BCUT2D eigenvalue weighted by atomic mass is 9.96. The number of anilines is 4. The Hall–Kier alpha value is -9.79. The molecule has 8 rings (SSSR count). The molecule has 0 spiro atoms. The summed E-state index contributed by atoms with van der Waals surface area (Å²) >= 11 is 0. The third-order valence-corrected chi connectivity index (χ3v) is 10.6. The van der Waals surface area contributed by atoms with Crippen LogP contribution >= 0.6 is 0 Å². The van der Waals surface area contributed by atoms with E-state index < -0.39 is 5.97 Å². The van der Waals surface area contributed by atoms with Crippen LogP contribution in [0.15, 0.2) is 180 Å². The molecule has 0 radical (unpaired) electrons. The van der Waals surface area contributed by atoms with Crippen LogP contribution in [-0.2, 0) is 43.6 Å². The fourth-order valence-electron chi connectivity index (χ4n) is 6.97. The van der Waals surface area contributed by atoms with Crippen LogP contribution in [0.25, 0.3) is 22.6 Å². The smallest absolute Gasteiger partial charge is 0.335 e. The fraction of sp³-hybridized carbons (Fsp3) is 0.190. The minimum atomic E-state index is -0.879. The number of carboxylic acid groups (broad SMARTS) is 1. The Morgan fingerprint density at radius 1 is 0.558 bits per heavy atom. The molecule has 2 heterocycles. The summed E-state index contributed by atoms with van der Waals surface area (Å²) in [5.41, 5.74) is 27.5. The molecule has 0 saturated heterocycles. The molecule has 0 bridgehead atoms. The first-order chi connectivity index (χ1) is 37.3. The van der Waals surface area contributed by atoms with Crippen molar-refractivity contribution < 1.29 is 52.4 Å². The van der Waals surface area contributed by atoms with Crippen molar-refractivity contribution in [1.82, 2.24) is 20.9 Å². The van der Waals surface area contributed by atoms with Crippen molar-refractivity contribution in [2.45, 2.75) is 58.2 Å². The van der Waals surface area contributed by atoms with Crippen molar-refractivity contribution >= 4 is 28.7 Å². The Labute approximate surface area is 446 Å². The van der Waals surface area contributed by atoms with Gasteiger partial charge in [-0.1, -0.05) is 72.8 Å². The number of nitrogens with one attached hydrogen (secondary N) is 5. The number of oxazole rings is 2. The van der Waals surface area contributed by atoms with Crippen LogP contribution in [-0.4, -0.2) is 46.3 Å². The van der Waals surface area contributed by atoms with Crippen LogP contribution in [0.2, 0.25) is 0 Å². The zero-order chi connectivity index (χ0) is 54.7. The first-order valence-electron chi connectivity index (χ1n) is 23.8. The van der Waals surface area contributed by atoms with Crippen LogP contribution in [0.4, 0.5) is 22.7 Å². The molecule has 0 fully saturated rings. The quantitative estimate of drug-likeness (QED) is 0.0201. The van der Waals surface area contributed by atoms with Crippen molar-refractivity contribution in [3.05, 3.63) is 193 Å². The van der Waals surface area contributed by atoms with Gasteiger partial charge < -0.3 is 48.5 Å². The molecule has 2 aromatic heterocycles. The van der Waals surface area contributed by atoms with E-state index in [1.807, 2.05) is 119 Å². The van der Waals surface area contributed by atoms with Gasteiger partial charge in [-0.25, -0.2) is 25.7 Å². The zero-order valence-electron chi connectivity index (χ0n) is 43.3. The summed E-state index contributed by atoms with van der Waals surface area (Å²) < 4.78 is 21.4. The molecule has 0 atom stereocenters. The minimum absolute atomic E-state index is 0.331. The predicted molar refractivity (Wildman–Crippen MR) is 292 cm³/mol. The average molecular weight is 1050 g/mol. The van der Waals surface area contributed by atoms with Crippen molar-refractivity contribution in [1.29, 1.82) is 0 Å². The first-order valence-corrected chi connectivity index (χ1v) is 23.8. The summed E-state index contributed by atoms with van der Waals surface area (Å²) in [5, 5.41) is 8.38. The Morgan fingerprint density at radius 2 is 1.00 bits per heavy atom. The molecule has 19 heteroatoms. The van der Waals surface area contributed by atoms with Gasteiger partial charge in [0.15, 0.2) is 48.7 Å². The normalized spacial score (nSPS) is 10.5. The number of methoxy groups -OCH3 is 2. The summed E-state index contributed by atoms with van der Waals surface area (Å²) in [7, 11) is 3.15. The van der Waals surface area contributed by atoms with Gasteiger partial charge in [-0.3, -0.25) is 10.3 Å². The number of carbonyl (C=O) groups is 1. The Morgan fingerprint density at radius 3 is 1.43 bits per heavy atom. The van der Waals surface area contributed by atoms with Gasteiger partial charge in [0.1, 0.15) is 11.5 Å². The highest BCUT2D eigenvalue weighted by atomic mass is 16.7. The summed E-state index contributed by atoms with van der Waals surface area (Å²) in [4.78, 5) is 44.4. The number of hydrogen-bond acceptors (Lipinski definition) is 18. The molecular formula is C58H60N8O11. The second-order valence-corrected chi connectivity index (χ2v) is 17.9. The topological polar surface area (TPSA) is 240 Å². The number of aromatic carboxylic acids is 1. The molecule has 0 saturated carbocycles. The number of ether oxygens (including phenoxy) is 2. The van der Waals surface area contributed by atoms with Gasteiger partial charge in [-0.2, -0.15) is 0 Å². The van der Waals surface area contributed by atoms with Gasteiger partial charge in [0.2, 0.25) is 0 Å². The Bertz CT molecular complexity index is 3140. The number of nitrogens with two attached hydrogens (primary N) is 1. The van der Waals surface area contributed by atoms with Gasteiger partial charge in [0, 0.05) is 17.8 Å². The molecular weight excluding hydrogens is 985 g/mol. The number of nitrogens with zero attached hydrogens (tertiary/aromatic N) is 2. The zero-order valence-corrected chi connectivity index (χ0v) is 43.3. The number of aromatic nitrogens is 2. The fourth-order valence-corrected chi connectivity index (χ4v) is 6.97. The molecule has 19 nitrogen and oxygen atoms in total. The van der Waals surface area contributed by atoms with Gasteiger partial charge in [0.05, 0.1) is 78.1 Å². The SMILES string of the molecule is COc1cc(NOC#CONC(C)(C)Cc2ccc(N)cc2)ccc1-c1cnco1.COc1cc(NOC#CONC(C)(C)Cc2ccc(NOCc3ccccc3)cc2)ccc1-c1cnco1.O=C(O)c1ccccc1.